The lowest BCUT2D eigenvalue weighted by Crippen LogP contribution is -2.48. The minimum absolute atomic E-state index is 0.111. The van der Waals surface area contributed by atoms with Crippen molar-refractivity contribution in [2.75, 3.05) is 13.1 Å². The van der Waals surface area contributed by atoms with Crippen LogP contribution in [0.4, 0.5) is 0 Å². The predicted octanol–water partition coefficient (Wildman–Crippen LogP) is 2.50. The van der Waals surface area contributed by atoms with Gasteiger partial charge >= 0.3 is 0 Å². The molecule has 1 heterocycles. The number of aryl methyl sites for hydroxylation is 1. The average molecular weight is 247 g/mol. The highest BCUT2D eigenvalue weighted by atomic mass is 16.5. The molecule has 0 bridgehead atoms. The van der Waals surface area contributed by atoms with Crippen LogP contribution < -0.4 is 0 Å². The normalized spacial score (nSPS) is 24.1. The second kappa shape index (κ2) is 5.53. The zero-order valence-electron chi connectivity index (χ0n) is 11.3. The van der Waals surface area contributed by atoms with E-state index in [1.165, 1.54) is 5.56 Å². The Kier molecular flexibility index (Phi) is 4.02. The van der Waals surface area contributed by atoms with Gasteiger partial charge in [0.05, 0.1) is 12.2 Å². The second-order valence-electron chi connectivity index (χ2n) is 5.02. The number of benzene rings is 1. The van der Waals surface area contributed by atoms with Crippen molar-refractivity contribution in [2.45, 2.75) is 39.4 Å². The van der Waals surface area contributed by atoms with Crippen LogP contribution in [0.1, 0.15) is 36.7 Å². The smallest absolute Gasteiger partial charge is 0.254 e. The third-order valence-electron chi connectivity index (χ3n) is 3.32. The van der Waals surface area contributed by atoms with E-state index in [2.05, 4.69) is 6.92 Å². The summed E-state index contributed by atoms with van der Waals surface area (Å²) in [6, 6.07) is 7.90. The van der Waals surface area contributed by atoms with Crippen LogP contribution in [0.2, 0.25) is 0 Å². The molecule has 98 valence electrons. The van der Waals surface area contributed by atoms with Crippen molar-refractivity contribution in [3.8, 4) is 0 Å². The molecular formula is C15H21NO2. The Hall–Kier alpha value is -1.35. The molecule has 0 N–H and O–H groups in total. The number of rotatable bonds is 2. The van der Waals surface area contributed by atoms with E-state index in [-0.39, 0.29) is 18.1 Å². The fraction of sp³-hybridized carbons (Fsp3) is 0.533. The van der Waals surface area contributed by atoms with Gasteiger partial charge in [0.25, 0.3) is 5.91 Å². The molecule has 1 fully saturated rings. The van der Waals surface area contributed by atoms with Crippen LogP contribution in [0.5, 0.6) is 0 Å². The van der Waals surface area contributed by atoms with Crippen LogP contribution in [-0.4, -0.2) is 36.1 Å². The van der Waals surface area contributed by atoms with E-state index in [1.807, 2.05) is 43.0 Å². The molecule has 0 spiro atoms. The Balaban J connectivity index is 2.09. The van der Waals surface area contributed by atoms with E-state index >= 15 is 0 Å². The third-order valence-corrected chi connectivity index (χ3v) is 3.32. The van der Waals surface area contributed by atoms with Crippen molar-refractivity contribution < 1.29 is 9.53 Å². The molecule has 2 rings (SSSR count). The Morgan fingerprint density at radius 1 is 1.22 bits per heavy atom. The highest BCUT2D eigenvalue weighted by molar-refractivity contribution is 5.94. The number of hydrogen-bond donors (Lipinski definition) is 0. The molecule has 1 saturated heterocycles. The first-order chi connectivity index (χ1) is 8.60. The molecule has 3 nitrogen and oxygen atoms in total. The number of ether oxygens (including phenoxy) is 1. The van der Waals surface area contributed by atoms with Crippen LogP contribution in [0, 0.1) is 0 Å². The van der Waals surface area contributed by atoms with Crippen molar-refractivity contribution >= 4 is 5.91 Å². The van der Waals surface area contributed by atoms with Gasteiger partial charge in [-0.3, -0.25) is 4.79 Å². The first kappa shape index (κ1) is 13.1. The summed E-state index contributed by atoms with van der Waals surface area (Å²) < 4.78 is 5.65. The Bertz CT molecular complexity index is 403. The summed E-state index contributed by atoms with van der Waals surface area (Å²) in [6.07, 6.45) is 1.24. The van der Waals surface area contributed by atoms with E-state index in [0.29, 0.717) is 13.1 Å². The van der Waals surface area contributed by atoms with Crippen LogP contribution in [-0.2, 0) is 11.2 Å². The third kappa shape index (κ3) is 2.91. The topological polar surface area (TPSA) is 29.5 Å². The summed E-state index contributed by atoms with van der Waals surface area (Å²) in [4.78, 5) is 14.2. The minimum Gasteiger partial charge on any atom is -0.372 e. The lowest BCUT2D eigenvalue weighted by atomic mass is 10.1. The van der Waals surface area contributed by atoms with Crippen molar-refractivity contribution in [1.82, 2.24) is 4.90 Å². The highest BCUT2D eigenvalue weighted by Crippen LogP contribution is 2.15. The summed E-state index contributed by atoms with van der Waals surface area (Å²) in [5, 5.41) is 0. The van der Waals surface area contributed by atoms with Crippen molar-refractivity contribution in [3.05, 3.63) is 35.4 Å². The van der Waals surface area contributed by atoms with Crippen molar-refractivity contribution in [1.29, 1.82) is 0 Å². The molecule has 1 amide bonds. The first-order valence-electron chi connectivity index (χ1n) is 6.63. The van der Waals surface area contributed by atoms with Crippen molar-refractivity contribution in [2.24, 2.45) is 0 Å². The van der Waals surface area contributed by atoms with Gasteiger partial charge in [-0.25, -0.2) is 0 Å². The summed E-state index contributed by atoms with van der Waals surface area (Å²) in [6.45, 7) is 7.49. The number of hydrogen-bond acceptors (Lipinski definition) is 2. The number of carbonyl (C=O) groups excluding carboxylic acids is 1. The van der Waals surface area contributed by atoms with E-state index in [4.69, 9.17) is 4.74 Å². The van der Waals surface area contributed by atoms with Gasteiger partial charge in [0, 0.05) is 18.7 Å². The van der Waals surface area contributed by atoms with Crippen molar-refractivity contribution in [3.63, 3.8) is 0 Å². The van der Waals surface area contributed by atoms with Gasteiger partial charge in [0.2, 0.25) is 0 Å². The van der Waals surface area contributed by atoms with Gasteiger partial charge in [0.15, 0.2) is 0 Å². The second-order valence-corrected chi connectivity index (χ2v) is 5.02. The van der Waals surface area contributed by atoms with E-state index in [9.17, 15) is 4.79 Å². The number of carbonyl (C=O) groups is 1. The highest BCUT2D eigenvalue weighted by Gasteiger charge is 2.26. The summed E-state index contributed by atoms with van der Waals surface area (Å²) in [5.41, 5.74) is 2.03. The molecule has 0 saturated carbocycles. The maximum Gasteiger partial charge on any atom is 0.254 e. The molecular weight excluding hydrogens is 226 g/mol. The summed E-state index contributed by atoms with van der Waals surface area (Å²) >= 11 is 0. The molecule has 1 aliphatic rings. The molecule has 1 aliphatic heterocycles. The SMILES string of the molecule is CCc1ccc(C(=O)N2CC(C)O[C@@H](C)C2)cc1. The van der Waals surface area contributed by atoms with Gasteiger partial charge in [0.1, 0.15) is 0 Å². The zero-order valence-corrected chi connectivity index (χ0v) is 11.3. The maximum absolute atomic E-state index is 12.4. The molecule has 0 aromatic heterocycles. The molecule has 1 aromatic carbocycles. The van der Waals surface area contributed by atoms with Gasteiger partial charge < -0.3 is 9.64 Å². The van der Waals surface area contributed by atoms with Gasteiger partial charge in [-0.15, -0.1) is 0 Å². The lowest BCUT2D eigenvalue weighted by molar-refractivity contribution is -0.0586. The maximum atomic E-state index is 12.4. The molecule has 1 aromatic rings. The quantitative estimate of drug-likeness (QED) is 0.803. The van der Waals surface area contributed by atoms with Gasteiger partial charge in [-0.05, 0) is 38.0 Å². The molecule has 0 aliphatic carbocycles. The number of nitrogens with zero attached hydrogens (tertiary/aromatic N) is 1. The Morgan fingerprint density at radius 2 is 1.78 bits per heavy atom. The molecule has 0 radical (unpaired) electrons. The zero-order chi connectivity index (χ0) is 13.1. The summed E-state index contributed by atoms with van der Waals surface area (Å²) in [5.74, 6) is 0.111. The summed E-state index contributed by atoms with van der Waals surface area (Å²) in [7, 11) is 0. The fourth-order valence-electron chi connectivity index (χ4n) is 2.41. The van der Waals surface area contributed by atoms with Crippen LogP contribution >= 0.6 is 0 Å². The van der Waals surface area contributed by atoms with E-state index in [1.54, 1.807) is 0 Å². The van der Waals surface area contributed by atoms with Crippen LogP contribution in [0.25, 0.3) is 0 Å². The van der Waals surface area contributed by atoms with Crippen LogP contribution in [0.3, 0.4) is 0 Å². The van der Waals surface area contributed by atoms with Crippen LogP contribution in [0.15, 0.2) is 24.3 Å². The molecule has 3 heteroatoms. The molecule has 18 heavy (non-hydrogen) atoms. The van der Waals surface area contributed by atoms with E-state index in [0.717, 1.165) is 12.0 Å². The average Bonchev–Trinajstić information content (AvgIpc) is 2.37. The lowest BCUT2D eigenvalue weighted by Gasteiger charge is -2.35. The number of amides is 1. The van der Waals surface area contributed by atoms with Gasteiger partial charge in [-0.1, -0.05) is 19.1 Å². The standard InChI is InChI=1S/C15H21NO2/c1-4-13-5-7-14(8-6-13)15(17)16-9-11(2)18-12(3)10-16/h5-8,11-12H,4,9-10H2,1-3H3/t11-,12?/m0/s1. The molecule has 2 atom stereocenters. The Labute approximate surface area is 109 Å². The fourth-order valence-corrected chi connectivity index (χ4v) is 2.41. The predicted molar refractivity (Wildman–Crippen MR) is 71.7 cm³/mol. The Morgan fingerprint density at radius 3 is 2.28 bits per heavy atom. The van der Waals surface area contributed by atoms with Gasteiger partial charge in [-0.2, -0.15) is 0 Å². The molecule has 1 unspecified atom stereocenters. The largest absolute Gasteiger partial charge is 0.372 e. The van der Waals surface area contributed by atoms with E-state index < -0.39 is 0 Å². The number of morpholine rings is 1. The monoisotopic (exact) mass is 247 g/mol. The first-order valence-corrected chi connectivity index (χ1v) is 6.63. The minimum atomic E-state index is 0.111.